The number of phenolic OH excluding ortho intramolecular Hbond substituents is 2. The SMILES string of the molecule is COc1cc(/C=C/C(=O)CC(=O)/C=C/c2cc(Br)c(O)c(OC)c2)cc(Br)c1O. The van der Waals surface area contributed by atoms with Gasteiger partial charge in [0.1, 0.15) is 0 Å². The molecule has 2 aromatic rings. The molecule has 0 saturated carbocycles. The van der Waals surface area contributed by atoms with Crippen LogP contribution in [0.3, 0.4) is 0 Å². The van der Waals surface area contributed by atoms with Crippen molar-refractivity contribution >= 4 is 55.6 Å². The minimum absolute atomic E-state index is 0.0335. The molecule has 0 aliphatic carbocycles. The zero-order chi connectivity index (χ0) is 21.6. The van der Waals surface area contributed by atoms with Crippen LogP contribution in [0.1, 0.15) is 17.5 Å². The van der Waals surface area contributed by atoms with Crippen LogP contribution >= 0.6 is 31.9 Å². The molecule has 8 heteroatoms. The van der Waals surface area contributed by atoms with Gasteiger partial charge in [0.05, 0.1) is 29.6 Å². The minimum Gasteiger partial charge on any atom is -0.503 e. The van der Waals surface area contributed by atoms with E-state index in [1.807, 2.05) is 0 Å². The molecule has 0 bridgehead atoms. The predicted octanol–water partition coefficient (Wildman–Crippen LogP) is 4.89. The van der Waals surface area contributed by atoms with Gasteiger partial charge in [0.2, 0.25) is 0 Å². The van der Waals surface area contributed by atoms with Gasteiger partial charge in [-0.2, -0.15) is 0 Å². The Morgan fingerprint density at radius 2 is 1.21 bits per heavy atom. The van der Waals surface area contributed by atoms with Crippen LogP contribution in [0.25, 0.3) is 12.2 Å². The highest BCUT2D eigenvalue weighted by Gasteiger charge is 2.09. The third kappa shape index (κ3) is 6.20. The Kier molecular flexibility index (Phi) is 8.04. The van der Waals surface area contributed by atoms with Crippen LogP contribution in [0.4, 0.5) is 0 Å². The van der Waals surface area contributed by atoms with Crippen LogP contribution in [0.5, 0.6) is 23.0 Å². The lowest BCUT2D eigenvalue weighted by atomic mass is 10.1. The molecule has 29 heavy (non-hydrogen) atoms. The Morgan fingerprint density at radius 3 is 1.55 bits per heavy atom. The highest BCUT2D eigenvalue weighted by molar-refractivity contribution is 9.10. The van der Waals surface area contributed by atoms with Crippen molar-refractivity contribution < 1.29 is 29.3 Å². The minimum atomic E-state index is -0.368. The van der Waals surface area contributed by atoms with Crippen molar-refractivity contribution in [2.24, 2.45) is 0 Å². The fraction of sp³-hybridized carbons (Fsp3) is 0.143. The number of rotatable bonds is 8. The van der Waals surface area contributed by atoms with Crippen molar-refractivity contribution in [3.8, 4) is 23.0 Å². The van der Waals surface area contributed by atoms with E-state index >= 15 is 0 Å². The Balaban J connectivity index is 2.03. The number of phenols is 2. The van der Waals surface area contributed by atoms with Crippen molar-refractivity contribution in [1.82, 2.24) is 0 Å². The van der Waals surface area contributed by atoms with Crippen molar-refractivity contribution in [2.45, 2.75) is 6.42 Å². The molecule has 152 valence electrons. The fourth-order valence-electron chi connectivity index (χ4n) is 2.36. The van der Waals surface area contributed by atoms with E-state index < -0.39 is 0 Å². The third-order valence-corrected chi connectivity index (χ3v) is 5.02. The van der Waals surface area contributed by atoms with Gasteiger partial charge in [0.15, 0.2) is 34.6 Å². The summed E-state index contributed by atoms with van der Waals surface area (Å²) < 4.78 is 11.0. The van der Waals surface area contributed by atoms with Crippen LogP contribution in [0, 0.1) is 0 Å². The van der Waals surface area contributed by atoms with Crippen LogP contribution in [0.2, 0.25) is 0 Å². The van der Waals surface area contributed by atoms with E-state index in [4.69, 9.17) is 9.47 Å². The first-order valence-electron chi connectivity index (χ1n) is 8.30. The number of ether oxygens (including phenoxy) is 2. The van der Waals surface area contributed by atoms with Crippen LogP contribution < -0.4 is 9.47 Å². The summed E-state index contributed by atoms with van der Waals surface area (Å²) in [5.74, 6) is -0.274. The molecular formula is C21H18Br2O6. The second kappa shape index (κ2) is 10.3. The molecule has 0 saturated heterocycles. The molecule has 0 amide bonds. The lowest BCUT2D eigenvalue weighted by molar-refractivity contribution is -0.121. The number of hydrogen-bond acceptors (Lipinski definition) is 6. The number of methoxy groups -OCH3 is 2. The van der Waals surface area contributed by atoms with Crippen LogP contribution in [-0.2, 0) is 9.59 Å². The van der Waals surface area contributed by atoms with E-state index in [9.17, 15) is 19.8 Å². The summed E-state index contributed by atoms with van der Waals surface area (Å²) in [6.07, 6.45) is 5.37. The average Bonchev–Trinajstić information content (AvgIpc) is 2.69. The molecule has 2 aromatic carbocycles. The smallest absolute Gasteiger partial charge is 0.172 e. The summed E-state index contributed by atoms with van der Waals surface area (Å²) in [5.41, 5.74) is 1.26. The van der Waals surface area contributed by atoms with Crippen molar-refractivity contribution in [2.75, 3.05) is 14.2 Å². The summed E-state index contributed by atoms with van der Waals surface area (Å²) >= 11 is 6.41. The molecule has 0 atom stereocenters. The third-order valence-electron chi connectivity index (χ3n) is 3.81. The fourth-order valence-corrected chi connectivity index (χ4v) is 3.28. The van der Waals surface area contributed by atoms with Gasteiger partial charge in [0, 0.05) is 0 Å². The number of carbonyl (C=O) groups excluding carboxylic acids is 2. The lowest BCUT2D eigenvalue weighted by Crippen LogP contribution is -2.02. The van der Waals surface area contributed by atoms with Gasteiger partial charge < -0.3 is 19.7 Å². The van der Waals surface area contributed by atoms with Crippen molar-refractivity contribution in [1.29, 1.82) is 0 Å². The van der Waals surface area contributed by atoms with Crippen LogP contribution in [-0.4, -0.2) is 36.0 Å². The van der Waals surface area contributed by atoms with Gasteiger partial charge in [-0.3, -0.25) is 9.59 Å². The highest BCUT2D eigenvalue weighted by atomic mass is 79.9. The number of ketones is 2. The van der Waals surface area contributed by atoms with E-state index in [1.54, 1.807) is 24.3 Å². The molecule has 6 nitrogen and oxygen atoms in total. The maximum absolute atomic E-state index is 12.0. The van der Waals surface area contributed by atoms with Crippen molar-refractivity contribution in [3.05, 3.63) is 56.5 Å². The Bertz CT molecular complexity index is 916. The second-order valence-electron chi connectivity index (χ2n) is 5.88. The normalized spacial score (nSPS) is 11.2. The molecule has 2 N–H and O–H groups in total. The molecule has 0 radical (unpaired) electrons. The van der Waals surface area contributed by atoms with E-state index in [1.165, 1.54) is 38.5 Å². The van der Waals surface area contributed by atoms with Gasteiger partial charge in [0.25, 0.3) is 0 Å². The standard InChI is InChI=1S/C21H18Br2O6/c1-28-18-9-12(7-16(22)20(18)26)3-5-14(24)11-15(25)6-4-13-8-17(23)21(27)19(10-13)29-2/h3-10,26-27H,11H2,1-2H3/b5-3+,6-4+. The summed E-state index contributed by atoms with van der Waals surface area (Å²) in [5, 5.41) is 19.6. The molecule has 0 spiro atoms. The zero-order valence-corrected chi connectivity index (χ0v) is 18.8. The maximum atomic E-state index is 12.0. The van der Waals surface area contributed by atoms with Gasteiger partial charge in [-0.25, -0.2) is 0 Å². The number of allylic oxidation sites excluding steroid dienone is 2. The Labute approximate surface area is 184 Å². The highest BCUT2D eigenvalue weighted by Crippen LogP contribution is 2.36. The largest absolute Gasteiger partial charge is 0.503 e. The van der Waals surface area contributed by atoms with Crippen LogP contribution in [0.15, 0.2) is 45.4 Å². The van der Waals surface area contributed by atoms with Gasteiger partial charge in [-0.1, -0.05) is 12.2 Å². The molecular weight excluding hydrogens is 508 g/mol. The molecule has 0 heterocycles. The van der Waals surface area contributed by atoms with E-state index in [-0.39, 0.29) is 41.0 Å². The van der Waals surface area contributed by atoms with Gasteiger partial charge >= 0.3 is 0 Å². The number of hydrogen-bond donors (Lipinski definition) is 2. The maximum Gasteiger partial charge on any atom is 0.172 e. The quantitative estimate of drug-likeness (QED) is 0.376. The molecule has 0 fully saturated rings. The zero-order valence-electron chi connectivity index (χ0n) is 15.6. The first-order chi connectivity index (χ1) is 13.7. The predicted molar refractivity (Wildman–Crippen MR) is 117 cm³/mol. The number of benzene rings is 2. The van der Waals surface area contributed by atoms with Gasteiger partial charge in [-0.05, 0) is 79.4 Å². The Morgan fingerprint density at radius 1 is 0.828 bits per heavy atom. The van der Waals surface area contributed by atoms with E-state index in [0.29, 0.717) is 20.1 Å². The number of carbonyl (C=O) groups is 2. The summed E-state index contributed by atoms with van der Waals surface area (Å²) in [6.45, 7) is 0. The summed E-state index contributed by atoms with van der Waals surface area (Å²) in [7, 11) is 2.85. The summed E-state index contributed by atoms with van der Waals surface area (Å²) in [6, 6.07) is 6.39. The van der Waals surface area contributed by atoms with E-state index in [2.05, 4.69) is 31.9 Å². The number of aromatic hydroxyl groups is 2. The van der Waals surface area contributed by atoms with Gasteiger partial charge in [-0.15, -0.1) is 0 Å². The second-order valence-corrected chi connectivity index (χ2v) is 7.59. The first-order valence-corrected chi connectivity index (χ1v) is 9.88. The summed E-state index contributed by atoms with van der Waals surface area (Å²) in [4.78, 5) is 24.1. The molecule has 2 rings (SSSR count). The molecule has 0 aromatic heterocycles. The number of halogens is 2. The molecule has 0 unspecified atom stereocenters. The molecule has 0 aliphatic rings. The van der Waals surface area contributed by atoms with E-state index in [0.717, 1.165) is 0 Å². The molecule has 0 aliphatic heterocycles. The van der Waals surface area contributed by atoms with Crippen molar-refractivity contribution in [3.63, 3.8) is 0 Å². The topological polar surface area (TPSA) is 93.1 Å². The first kappa shape index (κ1) is 22.7. The lowest BCUT2D eigenvalue weighted by Gasteiger charge is -2.06. The Hall–Kier alpha value is -2.58. The monoisotopic (exact) mass is 524 g/mol. The average molecular weight is 526 g/mol.